The lowest BCUT2D eigenvalue weighted by molar-refractivity contribution is 0.0400. The van der Waals surface area contributed by atoms with Crippen molar-refractivity contribution in [1.82, 2.24) is 19.9 Å². The van der Waals surface area contributed by atoms with Crippen molar-refractivity contribution < 1.29 is 27.7 Å². The molecule has 0 unspecified atom stereocenters. The van der Waals surface area contributed by atoms with Gasteiger partial charge < -0.3 is 15.2 Å². The number of carbonyl (C=O) groups is 1. The number of sulfonamides is 1. The second-order valence-electron chi connectivity index (χ2n) is 10.1. The van der Waals surface area contributed by atoms with Crippen LogP contribution in [0.4, 0.5) is 4.79 Å². The number of rotatable bonds is 10. The molecule has 196 valence electrons. The molecule has 11 heteroatoms. The van der Waals surface area contributed by atoms with Gasteiger partial charge in [0.2, 0.25) is 10.0 Å². The molecule has 1 amide bonds. The number of fused-ring (bicyclic) bond motifs is 1. The van der Waals surface area contributed by atoms with Crippen molar-refractivity contribution in [3.63, 3.8) is 0 Å². The van der Waals surface area contributed by atoms with Crippen LogP contribution in [0.1, 0.15) is 40.2 Å². The lowest BCUT2D eigenvalue weighted by Crippen LogP contribution is -2.52. The van der Waals surface area contributed by atoms with E-state index >= 15 is 0 Å². The summed E-state index contributed by atoms with van der Waals surface area (Å²) in [5.41, 5.74) is 0.571. The van der Waals surface area contributed by atoms with Gasteiger partial charge in [-0.3, -0.25) is 0 Å². The lowest BCUT2D eigenvalue weighted by Gasteiger charge is -2.31. The molecule has 2 atom stereocenters. The van der Waals surface area contributed by atoms with Gasteiger partial charge in [-0.1, -0.05) is 50.2 Å². The number of ether oxygens (including phenoxy) is 1. The minimum Gasteiger partial charge on any atom is -0.444 e. The highest BCUT2D eigenvalue weighted by molar-refractivity contribution is 7.89. The van der Waals surface area contributed by atoms with E-state index in [-0.39, 0.29) is 35.8 Å². The molecule has 2 N–H and O–H groups in total. The van der Waals surface area contributed by atoms with Crippen LogP contribution in [0.25, 0.3) is 11.0 Å². The molecule has 3 rings (SSSR count). The van der Waals surface area contributed by atoms with Crippen molar-refractivity contribution in [2.45, 2.75) is 63.7 Å². The van der Waals surface area contributed by atoms with E-state index in [0.29, 0.717) is 5.52 Å². The lowest BCUT2D eigenvalue weighted by atomic mass is 10.0. The number of hydrogen-bond acceptors (Lipinski definition) is 8. The minimum atomic E-state index is -4.08. The Morgan fingerprint density at radius 3 is 2.42 bits per heavy atom. The molecule has 3 aromatic rings. The second-order valence-corrected chi connectivity index (χ2v) is 12.0. The zero-order valence-corrected chi connectivity index (χ0v) is 22.0. The Balaban J connectivity index is 1.90. The van der Waals surface area contributed by atoms with Gasteiger partial charge in [0, 0.05) is 13.1 Å². The maximum Gasteiger partial charge on any atom is 0.407 e. The average molecular weight is 519 g/mol. The Morgan fingerprint density at radius 2 is 1.78 bits per heavy atom. The summed E-state index contributed by atoms with van der Waals surface area (Å²) in [5, 5.41) is 21.5. The number of nitrogens with zero attached hydrogens (tertiary/aromatic N) is 3. The van der Waals surface area contributed by atoms with Gasteiger partial charge in [0.25, 0.3) is 0 Å². The molecule has 0 radical (unpaired) electrons. The third-order valence-electron chi connectivity index (χ3n) is 5.29. The van der Waals surface area contributed by atoms with Crippen molar-refractivity contribution in [2.24, 2.45) is 5.92 Å². The van der Waals surface area contributed by atoms with Gasteiger partial charge in [0.1, 0.15) is 16.0 Å². The highest BCUT2D eigenvalue weighted by Gasteiger charge is 2.33. The third-order valence-corrected chi connectivity index (χ3v) is 7.15. The number of nitrogens with one attached hydrogen (secondary N) is 1. The molecule has 0 aliphatic rings. The summed E-state index contributed by atoms with van der Waals surface area (Å²) in [6.07, 6.45) is -1.65. The SMILES string of the molecule is CC(C)CN(C[C@@H](O)[C@H](Cc1ccccc1)NC(=O)OC(C)(C)C)S(=O)(=O)c1cccc2nonc12. The first kappa shape index (κ1) is 27.6. The number of amides is 1. The molecule has 0 aliphatic carbocycles. The van der Waals surface area contributed by atoms with Gasteiger partial charge >= 0.3 is 6.09 Å². The van der Waals surface area contributed by atoms with E-state index in [1.165, 1.54) is 10.4 Å². The molecule has 36 heavy (non-hydrogen) atoms. The predicted molar refractivity (Wildman–Crippen MR) is 135 cm³/mol. The van der Waals surface area contributed by atoms with Crippen molar-refractivity contribution >= 4 is 27.1 Å². The van der Waals surface area contributed by atoms with Crippen LogP contribution in [0.15, 0.2) is 58.1 Å². The fourth-order valence-electron chi connectivity index (χ4n) is 3.75. The first-order chi connectivity index (χ1) is 16.9. The number of alkyl carbamates (subject to hydrolysis) is 1. The normalized spacial score (nSPS) is 14.2. The maximum atomic E-state index is 13.7. The Morgan fingerprint density at radius 1 is 1.08 bits per heavy atom. The summed E-state index contributed by atoms with van der Waals surface area (Å²) in [7, 11) is -4.08. The van der Waals surface area contributed by atoms with Crippen molar-refractivity contribution in [2.75, 3.05) is 13.1 Å². The van der Waals surface area contributed by atoms with E-state index in [1.54, 1.807) is 32.9 Å². The summed E-state index contributed by atoms with van der Waals surface area (Å²) in [5.74, 6) is -0.0343. The van der Waals surface area contributed by atoms with Crippen molar-refractivity contribution in [3.05, 3.63) is 54.1 Å². The Kier molecular flexibility index (Phi) is 8.70. The topological polar surface area (TPSA) is 135 Å². The maximum absolute atomic E-state index is 13.7. The number of carbonyl (C=O) groups excluding carboxylic acids is 1. The zero-order valence-electron chi connectivity index (χ0n) is 21.2. The molecule has 0 spiro atoms. The van der Waals surface area contributed by atoms with E-state index in [2.05, 4.69) is 15.6 Å². The molecule has 1 heterocycles. The number of aromatic nitrogens is 2. The Hall–Kier alpha value is -3.02. The van der Waals surface area contributed by atoms with Crippen LogP contribution in [0.2, 0.25) is 0 Å². The minimum absolute atomic E-state index is 0.0343. The van der Waals surface area contributed by atoms with Crippen LogP contribution < -0.4 is 5.32 Å². The summed E-state index contributed by atoms with van der Waals surface area (Å²) in [6, 6.07) is 13.1. The molecule has 0 fully saturated rings. The quantitative estimate of drug-likeness (QED) is 0.417. The number of benzene rings is 2. The summed E-state index contributed by atoms with van der Waals surface area (Å²) in [6.45, 7) is 8.88. The molecule has 0 saturated heterocycles. The van der Waals surface area contributed by atoms with Gasteiger partial charge in [-0.15, -0.1) is 0 Å². The van der Waals surface area contributed by atoms with E-state index in [9.17, 15) is 18.3 Å². The van der Waals surface area contributed by atoms with Crippen LogP contribution in [-0.2, 0) is 21.2 Å². The van der Waals surface area contributed by atoms with Crippen LogP contribution >= 0.6 is 0 Å². The smallest absolute Gasteiger partial charge is 0.407 e. The van der Waals surface area contributed by atoms with Gasteiger partial charge in [-0.05, 0) is 61.1 Å². The fraction of sp³-hybridized carbons (Fsp3) is 0.480. The van der Waals surface area contributed by atoms with Crippen LogP contribution in [0, 0.1) is 5.92 Å². The van der Waals surface area contributed by atoms with Crippen molar-refractivity contribution in [3.8, 4) is 0 Å². The van der Waals surface area contributed by atoms with Gasteiger partial charge in [0.15, 0.2) is 5.52 Å². The number of hydrogen-bond donors (Lipinski definition) is 2. The van der Waals surface area contributed by atoms with E-state index in [0.717, 1.165) is 5.56 Å². The van der Waals surface area contributed by atoms with E-state index in [1.807, 2.05) is 44.2 Å². The zero-order chi connectivity index (χ0) is 26.5. The molecular weight excluding hydrogens is 484 g/mol. The highest BCUT2D eigenvalue weighted by atomic mass is 32.2. The summed E-state index contributed by atoms with van der Waals surface area (Å²) in [4.78, 5) is 12.5. The standard InChI is InChI=1S/C25H34N4O6S/c1-17(2)15-29(36(32,33)22-13-9-12-19-23(22)28-35-27-19)16-21(30)20(14-18-10-7-6-8-11-18)26-24(31)34-25(3,4)5/h6-13,17,20-21,30H,14-16H2,1-5H3,(H,26,31)/t20-,21+/m0/s1. The third kappa shape index (κ3) is 7.25. The summed E-state index contributed by atoms with van der Waals surface area (Å²) >= 11 is 0. The fourth-order valence-corrected chi connectivity index (χ4v) is 5.51. The molecule has 0 aliphatic heterocycles. The summed E-state index contributed by atoms with van der Waals surface area (Å²) < 4.78 is 38.7. The van der Waals surface area contributed by atoms with E-state index in [4.69, 9.17) is 9.37 Å². The van der Waals surface area contributed by atoms with E-state index < -0.39 is 33.9 Å². The molecule has 0 bridgehead atoms. The molecule has 0 saturated carbocycles. The van der Waals surface area contributed by atoms with Gasteiger partial charge in [-0.25, -0.2) is 17.8 Å². The number of aliphatic hydroxyl groups excluding tert-OH is 1. The predicted octanol–water partition coefficient (Wildman–Crippen LogP) is 3.37. The monoisotopic (exact) mass is 518 g/mol. The molecule has 10 nitrogen and oxygen atoms in total. The molecule has 1 aromatic heterocycles. The first-order valence-corrected chi connectivity index (χ1v) is 13.2. The highest BCUT2D eigenvalue weighted by Crippen LogP contribution is 2.25. The van der Waals surface area contributed by atoms with Crippen LogP contribution in [0.5, 0.6) is 0 Å². The number of aliphatic hydroxyl groups is 1. The van der Waals surface area contributed by atoms with Crippen LogP contribution in [-0.4, -0.2) is 65.1 Å². The largest absolute Gasteiger partial charge is 0.444 e. The van der Waals surface area contributed by atoms with Crippen LogP contribution in [0.3, 0.4) is 0 Å². The second kappa shape index (κ2) is 11.4. The Bertz CT molecular complexity index is 1250. The van der Waals surface area contributed by atoms with Crippen molar-refractivity contribution in [1.29, 1.82) is 0 Å². The van der Waals surface area contributed by atoms with Gasteiger partial charge in [-0.2, -0.15) is 4.31 Å². The molecule has 2 aromatic carbocycles. The first-order valence-electron chi connectivity index (χ1n) is 11.8. The Labute approximate surface area is 211 Å². The molecular formula is C25H34N4O6S. The average Bonchev–Trinajstić information content (AvgIpc) is 3.26. The van der Waals surface area contributed by atoms with Gasteiger partial charge in [0.05, 0.1) is 12.1 Å².